The number of H-pyrrole nitrogens is 1. The second-order valence-electron chi connectivity index (χ2n) is 7.65. The van der Waals surface area contributed by atoms with Crippen LogP contribution in [0.15, 0.2) is 89.7 Å². The van der Waals surface area contributed by atoms with Crippen molar-refractivity contribution in [2.45, 2.75) is 6.92 Å². The van der Waals surface area contributed by atoms with Gasteiger partial charge in [0.15, 0.2) is 0 Å². The third-order valence-electron chi connectivity index (χ3n) is 5.41. The number of aryl methyl sites for hydroxylation is 1. The zero-order valence-electron chi connectivity index (χ0n) is 17.7. The fraction of sp³-hybridized carbons (Fsp3) is 0.0385. The van der Waals surface area contributed by atoms with Crippen molar-refractivity contribution in [2.75, 3.05) is 5.32 Å². The van der Waals surface area contributed by atoms with E-state index in [0.717, 1.165) is 22.4 Å². The molecule has 1 amide bonds. The lowest BCUT2D eigenvalue weighted by Gasteiger charge is -2.08. The van der Waals surface area contributed by atoms with Crippen LogP contribution in [0.5, 0.6) is 0 Å². The summed E-state index contributed by atoms with van der Waals surface area (Å²) < 4.78 is 1.37. The molecule has 0 aliphatic rings. The lowest BCUT2D eigenvalue weighted by atomic mass is 10.1. The van der Waals surface area contributed by atoms with E-state index in [9.17, 15) is 9.59 Å². The molecule has 3 aromatic carbocycles. The van der Waals surface area contributed by atoms with Gasteiger partial charge in [0.05, 0.1) is 11.4 Å². The summed E-state index contributed by atoms with van der Waals surface area (Å²) >= 11 is 6.04. The van der Waals surface area contributed by atoms with E-state index in [2.05, 4.69) is 15.4 Å². The van der Waals surface area contributed by atoms with Crippen LogP contribution in [0.1, 0.15) is 16.1 Å². The van der Waals surface area contributed by atoms with Gasteiger partial charge in [0.25, 0.3) is 11.5 Å². The molecule has 2 N–H and O–H groups in total. The standard InChI is InChI=1S/C26H19ClN4O2/c1-16-24(18-7-11-20(27)12-8-18)25-29-22(15-23(32)31(25)30-16)17-9-13-21(14-10-17)28-26(33)19-5-3-2-4-6-19/h2-15,29H,1H3,(H,28,33). The molecule has 5 rings (SSSR count). The van der Waals surface area contributed by atoms with Gasteiger partial charge in [0, 0.05) is 27.9 Å². The van der Waals surface area contributed by atoms with Gasteiger partial charge in [0.1, 0.15) is 5.65 Å². The first-order valence-electron chi connectivity index (χ1n) is 10.3. The lowest BCUT2D eigenvalue weighted by molar-refractivity contribution is 0.102. The number of carbonyl (C=O) groups excluding carboxylic acids is 1. The molecule has 0 spiro atoms. The van der Waals surface area contributed by atoms with Gasteiger partial charge >= 0.3 is 0 Å². The molecular formula is C26H19ClN4O2. The second-order valence-corrected chi connectivity index (χ2v) is 8.08. The predicted molar refractivity (Wildman–Crippen MR) is 131 cm³/mol. The van der Waals surface area contributed by atoms with Crippen molar-refractivity contribution < 1.29 is 4.79 Å². The first kappa shape index (κ1) is 20.7. The van der Waals surface area contributed by atoms with Crippen LogP contribution >= 0.6 is 11.6 Å². The minimum atomic E-state index is -0.233. The Kier molecular flexibility index (Phi) is 5.28. The van der Waals surface area contributed by atoms with E-state index in [4.69, 9.17) is 11.6 Å². The SMILES string of the molecule is Cc1nn2c(=O)cc(-c3ccc(NC(=O)c4ccccc4)cc3)[nH]c2c1-c1ccc(Cl)cc1. The van der Waals surface area contributed by atoms with Crippen molar-refractivity contribution in [3.63, 3.8) is 0 Å². The van der Waals surface area contributed by atoms with Crippen LogP contribution in [-0.4, -0.2) is 20.5 Å². The number of anilines is 1. The molecule has 0 aliphatic heterocycles. The monoisotopic (exact) mass is 454 g/mol. The minimum absolute atomic E-state index is 0.180. The Morgan fingerprint density at radius 1 is 0.939 bits per heavy atom. The molecule has 6 nitrogen and oxygen atoms in total. The Morgan fingerprint density at radius 2 is 1.61 bits per heavy atom. The third kappa shape index (κ3) is 4.04. The van der Waals surface area contributed by atoms with Crippen molar-refractivity contribution in [3.8, 4) is 22.4 Å². The van der Waals surface area contributed by atoms with Crippen LogP contribution in [0, 0.1) is 6.92 Å². The first-order chi connectivity index (χ1) is 16.0. The Bertz CT molecular complexity index is 1520. The van der Waals surface area contributed by atoms with E-state index in [0.29, 0.717) is 27.6 Å². The lowest BCUT2D eigenvalue weighted by Crippen LogP contribution is -2.14. The molecule has 0 fully saturated rings. The van der Waals surface area contributed by atoms with Gasteiger partial charge in [-0.3, -0.25) is 9.59 Å². The van der Waals surface area contributed by atoms with E-state index < -0.39 is 0 Å². The van der Waals surface area contributed by atoms with Crippen LogP contribution in [-0.2, 0) is 0 Å². The Hall–Kier alpha value is -4.16. The van der Waals surface area contributed by atoms with Crippen LogP contribution in [0.4, 0.5) is 5.69 Å². The first-order valence-corrected chi connectivity index (χ1v) is 10.7. The van der Waals surface area contributed by atoms with Crippen LogP contribution in [0.2, 0.25) is 5.02 Å². The molecule has 0 atom stereocenters. The van der Waals surface area contributed by atoms with Crippen molar-refractivity contribution in [1.82, 2.24) is 14.6 Å². The molecule has 0 unspecified atom stereocenters. The molecule has 2 heterocycles. The summed E-state index contributed by atoms with van der Waals surface area (Å²) in [6.07, 6.45) is 0. The van der Waals surface area contributed by atoms with E-state index in [-0.39, 0.29) is 11.5 Å². The van der Waals surface area contributed by atoms with Gasteiger partial charge < -0.3 is 10.3 Å². The molecule has 0 saturated carbocycles. The zero-order chi connectivity index (χ0) is 22.9. The highest BCUT2D eigenvalue weighted by Gasteiger charge is 2.15. The maximum absolute atomic E-state index is 12.8. The van der Waals surface area contributed by atoms with Crippen LogP contribution < -0.4 is 10.9 Å². The summed E-state index contributed by atoms with van der Waals surface area (Å²) in [5, 5.41) is 7.94. The number of aromatic nitrogens is 3. The minimum Gasteiger partial charge on any atom is -0.339 e. The highest BCUT2D eigenvalue weighted by Crippen LogP contribution is 2.29. The van der Waals surface area contributed by atoms with E-state index in [1.165, 1.54) is 10.6 Å². The number of amides is 1. The van der Waals surface area contributed by atoms with E-state index in [1.807, 2.05) is 61.5 Å². The Morgan fingerprint density at radius 3 is 2.30 bits per heavy atom. The molecular weight excluding hydrogens is 436 g/mol. The fourth-order valence-electron chi connectivity index (χ4n) is 3.79. The number of halogens is 1. The summed E-state index contributed by atoms with van der Waals surface area (Å²) in [6, 6.07) is 25.3. The summed E-state index contributed by atoms with van der Waals surface area (Å²) in [4.78, 5) is 28.5. The average Bonchev–Trinajstić information content (AvgIpc) is 3.17. The number of nitrogens with zero attached hydrogens (tertiary/aromatic N) is 2. The number of hydrogen-bond donors (Lipinski definition) is 2. The van der Waals surface area contributed by atoms with E-state index in [1.54, 1.807) is 24.3 Å². The molecule has 0 bridgehead atoms. The quantitative estimate of drug-likeness (QED) is 0.372. The normalized spacial score (nSPS) is 11.0. The maximum Gasteiger partial charge on any atom is 0.274 e. The predicted octanol–water partition coefficient (Wildman–Crippen LogP) is 5.57. The molecule has 33 heavy (non-hydrogen) atoms. The molecule has 5 aromatic rings. The largest absolute Gasteiger partial charge is 0.339 e. The average molecular weight is 455 g/mol. The second kappa shape index (κ2) is 8.41. The molecule has 7 heteroatoms. The summed E-state index contributed by atoms with van der Waals surface area (Å²) in [5.41, 5.74) is 5.59. The number of aromatic amines is 1. The van der Waals surface area contributed by atoms with Gasteiger partial charge in [0.2, 0.25) is 0 Å². The van der Waals surface area contributed by atoms with Crippen LogP contribution in [0.3, 0.4) is 0 Å². The molecule has 162 valence electrons. The van der Waals surface area contributed by atoms with Gasteiger partial charge in [-0.25, -0.2) is 0 Å². The highest BCUT2D eigenvalue weighted by molar-refractivity contribution is 6.30. The van der Waals surface area contributed by atoms with Crippen molar-refractivity contribution >= 4 is 28.8 Å². The van der Waals surface area contributed by atoms with Crippen LogP contribution in [0.25, 0.3) is 28.0 Å². The molecule has 0 aliphatic carbocycles. The number of hydrogen-bond acceptors (Lipinski definition) is 3. The number of benzene rings is 3. The fourth-order valence-corrected chi connectivity index (χ4v) is 3.92. The topological polar surface area (TPSA) is 79.3 Å². The number of rotatable bonds is 4. The summed E-state index contributed by atoms with van der Waals surface area (Å²) in [7, 11) is 0. The third-order valence-corrected chi connectivity index (χ3v) is 5.66. The Labute approximate surface area is 194 Å². The molecule has 2 aromatic heterocycles. The van der Waals surface area contributed by atoms with Gasteiger partial charge in [-0.15, -0.1) is 0 Å². The van der Waals surface area contributed by atoms with Crippen molar-refractivity contribution in [1.29, 1.82) is 0 Å². The van der Waals surface area contributed by atoms with Gasteiger partial charge in [-0.2, -0.15) is 9.61 Å². The summed E-state index contributed by atoms with van der Waals surface area (Å²) in [6.45, 7) is 1.87. The van der Waals surface area contributed by atoms with Crippen molar-refractivity contribution in [3.05, 3.63) is 112 Å². The zero-order valence-corrected chi connectivity index (χ0v) is 18.4. The van der Waals surface area contributed by atoms with Crippen molar-refractivity contribution in [2.24, 2.45) is 0 Å². The summed E-state index contributed by atoms with van der Waals surface area (Å²) in [5.74, 6) is -0.180. The van der Waals surface area contributed by atoms with Gasteiger partial charge in [-0.1, -0.05) is 54.1 Å². The number of fused-ring (bicyclic) bond motifs is 1. The molecule has 0 saturated heterocycles. The Balaban J connectivity index is 1.50. The van der Waals surface area contributed by atoms with E-state index >= 15 is 0 Å². The molecule has 0 radical (unpaired) electrons. The van der Waals surface area contributed by atoms with Gasteiger partial charge in [-0.05, 0) is 54.4 Å². The number of carbonyl (C=O) groups is 1. The highest BCUT2D eigenvalue weighted by atomic mass is 35.5. The smallest absolute Gasteiger partial charge is 0.274 e. The maximum atomic E-state index is 12.8. The number of nitrogens with one attached hydrogen (secondary N) is 2.